The van der Waals surface area contributed by atoms with Crippen molar-refractivity contribution in [1.82, 2.24) is 4.90 Å². The van der Waals surface area contributed by atoms with Crippen molar-refractivity contribution in [3.63, 3.8) is 0 Å². The smallest absolute Gasteiger partial charge is 0.000973 e. The summed E-state index contributed by atoms with van der Waals surface area (Å²) in [5.74, 6) is 2.14. The van der Waals surface area contributed by atoms with Crippen molar-refractivity contribution in [3.05, 3.63) is 0 Å². The second-order valence-electron chi connectivity index (χ2n) is 4.71. The van der Waals surface area contributed by atoms with Gasteiger partial charge in [-0.25, -0.2) is 0 Å². The van der Waals surface area contributed by atoms with Crippen LogP contribution in [0.2, 0.25) is 0 Å². The third kappa shape index (κ3) is 5.34. The van der Waals surface area contributed by atoms with E-state index in [4.69, 9.17) is 0 Å². The van der Waals surface area contributed by atoms with Crippen molar-refractivity contribution < 1.29 is 0 Å². The first-order chi connectivity index (χ1) is 7.86. The second kappa shape index (κ2) is 10.1. The third-order valence-electron chi connectivity index (χ3n) is 3.74. The van der Waals surface area contributed by atoms with Crippen LogP contribution in [0.3, 0.4) is 0 Å². The average molecular weight is 227 g/mol. The summed E-state index contributed by atoms with van der Waals surface area (Å²) in [6.45, 7) is 10.7. The Morgan fingerprint density at radius 1 is 0.750 bits per heavy atom. The first-order valence-corrected chi connectivity index (χ1v) is 7.55. The first-order valence-electron chi connectivity index (χ1n) is 7.55. The van der Waals surface area contributed by atoms with Crippen LogP contribution in [0.25, 0.3) is 0 Å². The molecule has 1 atom stereocenters. The molecule has 0 aromatic heterocycles. The Labute approximate surface area is 104 Å². The molecule has 1 saturated heterocycles. The van der Waals surface area contributed by atoms with E-state index in [0.29, 0.717) is 0 Å². The Bertz CT molecular complexity index is 136. The van der Waals surface area contributed by atoms with Gasteiger partial charge in [-0.1, -0.05) is 59.8 Å². The number of hydrogen-bond donors (Lipinski definition) is 0. The van der Waals surface area contributed by atoms with E-state index in [9.17, 15) is 0 Å². The zero-order chi connectivity index (χ0) is 12.4. The van der Waals surface area contributed by atoms with Crippen LogP contribution in [0.1, 0.15) is 66.2 Å². The van der Waals surface area contributed by atoms with Crippen LogP contribution in [-0.2, 0) is 0 Å². The number of likely N-dealkylation sites (tertiary alicyclic amines) is 1. The van der Waals surface area contributed by atoms with E-state index in [2.05, 4.69) is 11.9 Å². The molecule has 0 aromatic rings. The van der Waals surface area contributed by atoms with Gasteiger partial charge in [0.15, 0.2) is 0 Å². The molecule has 0 amide bonds. The molecule has 1 aliphatic heterocycles. The quantitative estimate of drug-likeness (QED) is 0.634. The zero-order valence-electron chi connectivity index (χ0n) is 12.3. The highest BCUT2D eigenvalue weighted by Gasteiger charge is 2.28. The third-order valence-corrected chi connectivity index (χ3v) is 3.74. The van der Waals surface area contributed by atoms with Crippen molar-refractivity contribution in [2.75, 3.05) is 20.1 Å². The molecule has 2 aliphatic rings. The Morgan fingerprint density at radius 2 is 1.31 bits per heavy atom. The Balaban J connectivity index is 0.000000509. The SMILES string of the molecule is CC.CC.CN1CCC(C2CCCCC2)C1. The van der Waals surface area contributed by atoms with Crippen LogP contribution in [0.15, 0.2) is 0 Å². The van der Waals surface area contributed by atoms with Gasteiger partial charge in [0, 0.05) is 6.54 Å². The summed E-state index contributed by atoms with van der Waals surface area (Å²) in [5, 5.41) is 0. The minimum Gasteiger partial charge on any atom is -0.306 e. The molecule has 0 N–H and O–H groups in total. The lowest BCUT2D eigenvalue weighted by molar-refractivity contribution is 0.247. The van der Waals surface area contributed by atoms with Crippen LogP contribution in [-0.4, -0.2) is 25.0 Å². The van der Waals surface area contributed by atoms with Gasteiger partial charge in [0.25, 0.3) is 0 Å². The van der Waals surface area contributed by atoms with Gasteiger partial charge in [0.05, 0.1) is 0 Å². The van der Waals surface area contributed by atoms with Crippen LogP contribution >= 0.6 is 0 Å². The van der Waals surface area contributed by atoms with Crippen LogP contribution in [0, 0.1) is 11.8 Å². The van der Waals surface area contributed by atoms with E-state index in [0.717, 1.165) is 11.8 Å². The minimum atomic E-state index is 1.05. The van der Waals surface area contributed by atoms with E-state index in [1.165, 1.54) is 51.6 Å². The van der Waals surface area contributed by atoms with E-state index < -0.39 is 0 Å². The van der Waals surface area contributed by atoms with E-state index in [-0.39, 0.29) is 0 Å². The number of nitrogens with zero attached hydrogens (tertiary/aromatic N) is 1. The maximum Gasteiger partial charge on any atom is 0.000973 e. The van der Waals surface area contributed by atoms with Gasteiger partial charge in [-0.3, -0.25) is 0 Å². The molecule has 0 bridgehead atoms. The Kier molecular flexibility index (Phi) is 10.1. The maximum absolute atomic E-state index is 2.50. The van der Waals surface area contributed by atoms with Crippen LogP contribution < -0.4 is 0 Å². The fraction of sp³-hybridized carbons (Fsp3) is 1.00. The van der Waals surface area contributed by atoms with Gasteiger partial charge in [-0.15, -0.1) is 0 Å². The van der Waals surface area contributed by atoms with Crippen molar-refractivity contribution >= 4 is 0 Å². The highest BCUT2D eigenvalue weighted by atomic mass is 15.1. The molecule has 2 fully saturated rings. The fourth-order valence-electron chi connectivity index (χ4n) is 2.96. The molecule has 16 heavy (non-hydrogen) atoms. The van der Waals surface area contributed by atoms with Crippen LogP contribution in [0.5, 0.6) is 0 Å². The van der Waals surface area contributed by atoms with Gasteiger partial charge in [0.2, 0.25) is 0 Å². The largest absolute Gasteiger partial charge is 0.306 e. The molecule has 1 unspecified atom stereocenters. The highest BCUT2D eigenvalue weighted by Crippen LogP contribution is 2.34. The second-order valence-corrected chi connectivity index (χ2v) is 4.71. The Morgan fingerprint density at radius 3 is 1.75 bits per heavy atom. The molecule has 1 nitrogen and oxygen atoms in total. The molecule has 98 valence electrons. The monoisotopic (exact) mass is 227 g/mol. The molecule has 1 aliphatic carbocycles. The predicted molar refractivity (Wildman–Crippen MR) is 74.9 cm³/mol. The summed E-state index contributed by atoms with van der Waals surface area (Å²) in [4.78, 5) is 2.50. The first kappa shape index (κ1) is 16.0. The summed E-state index contributed by atoms with van der Waals surface area (Å²) in [6.07, 6.45) is 9.03. The fourth-order valence-corrected chi connectivity index (χ4v) is 2.96. The molecular weight excluding hydrogens is 194 g/mol. The van der Waals surface area contributed by atoms with Crippen molar-refractivity contribution in [3.8, 4) is 0 Å². The van der Waals surface area contributed by atoms with E-state index >= 15 is 0 Å². The van der Waals surface area contributed by atoms with Gasteiger partial charge < -0.3 is 4.90 Å². The van der Waals surface area contributed by atoms with Crippen LogP contribution in [0.4, 0.5) is 0 Å². The molecule has 1 saturated carbocycles. The van der Waals surface area contributed by atoms with Crippen molar-refractivity contribution in [2.45, 2.75) is 66.2 Å². The van der Waals surface area contributed by atoms with Gasteiger partial charge in [0.1, 0.15) is 0 Å². The zero-order valence-corrected chi connectivity index (χ0v) is 12.3. The van der Waals surface area contributed by atoms with E-state index in [1.54, 1.807) is 0 Å². The normalized spacial score (nSPS) is 26.4. The predicted octanol–water partition coefficient (Wildman–Crippen LogP) is 4.57. The Hall–Kier alpha value is -0.0400. The van der Waals surface area contributed by atoms with Crippen molar-refractivity contribution in [2.24, 2.45) is 11.8 Å². The average Bonchev–Trinajstić information content (AvgIpc) is 2.82. The lowest BCUT2D eigenvalue weighted by Gasteiger charge is -2.27. The topological polar surface area (TPSA) is 3.24 Å². The minimum absolute atomic E-state index is 1.05. The molecule has 2 rings (SSSR count). The molecule has 1 heteroatoms. The van der Waals surface area contributed by atoms with E-state index in [1.807, 2.05) is 27.7 Å². The molecule has 0 spiro atoms. The summed E-state index contributed by atoms with van der Waals surface area (Å²) < 4.78 is 0. The summed E-state index contributed by atoms with van der Waals surface area (Å²) in [7, 11) is 2.27. The summed E-state index contributed by atoms with van der Waals surface area (Å²) in [5.41, 5.74) is 0. The highest BCUT2D eigenvalue weighted by molar-refractivity contribution is 4.81. The van der Waals surface area contributed by atoms with Gasteiger partial charge in [-0.05, 0) is 31.8 Å². The maximum atomic E-state index is 2.50. The lowest BCUT2D eigenvalue weighted by Crippen LogP contribution is -2.21. The molecular formula is C15H33N. The molecule has 0 radical (unpaired) electrons. The van der Waals surface area contributed by atoms with Crippen molar-refractivity contribution in [1.29, 1.82) is 0 Å². The summed E-state index contributed by atoms with van der Waals surface area (Å²) >= 11 is 0. The lowest BCUT2D eigenvalue weighted by atomic mass is 9.80. The summed E-state index contributed by atoms with van der Waals surface area (Å²) in [6, 6.07) is 0. The standard InChI is InChI=1S/C11H21N.2C2H6/c1-12-8-7-11(9-12)10-5-3-2-4-6-10;2*1-2/h10-11H,2-9H2,1H3;2*1-2H3. The number of rotatable bonds is 1. The molecule has 1 heterocycles. The number of hydrogen-bond acceptors (Lipinski definition) is 1. The molecule has 0 aromatic carbocycles. The van der Waals surface area contributed by atoms with Gasteiger partial charge >= 0.3 is 0 Å². The van der Waals surface area contributed by atoms with Gasteiger partial charge in [-0.2, -0.15) is 0 Å².